The molecule has 0 aromatic rings. The minimum absolute atomic E-state index is 0.335. The summed E-state index contributed by atoms with van der Waals surface area (Å²) in [7, 11) is 2.34. The first kappa shape index (κ1) is 28.9. The highest BCUT2D eigenvalue weighted by atomic mass is 31.2. The lowest BCUT2D eigenvalue weighted by Gasteiger charge is -2.35. The monoisotopic (exact) mass is 432 g/mol. The van der Waals surface area contributed by atoms with Gasteiger partial charge in [-0.15, -0.1) is 0 Å². The first-order valence-corrected chi connectivity index (χ1v) is 13.8. The van der Waals surface area contributed by atoms with Crippen LogP contribution in [0.1, 0.15) is 110 Å². The minimum atomic E-state index is -3.56. The molecule has 0 aliphatic heterocycles. The summed E-state index contributed by atoms with van der Waals surface area (Å²) < 4.78 is 18.6. The zero-order valence-electron chi connectivity index (χ0n) is 20.2. The van der Waals surface area contributed by atoms with Crippen LogP contribution in [-0.2, 0) is 9.09 Å². The second kappa shape index (κ2) is 17.5. The molecule has 0 bridgehead atoms. The number of nitrogens with zero attached hydrogens (tertiary/aromatic N) is 1. The number of hydrogen-bond donors (Lipinski definition) is 1. The van der Waals surface area contributed by atoms with Crippen molar-refractivity contribution in [3.05, 3.63) is 12.2 Å². The van der Waals surface area contributed by atoms with E-state index >= 15 is 0 Å². The number of quaternary nitrogens is 1. The third-order valence-electron chi connectivity index (χ3n) is 5.50. The topological polar surface area (TPSA) is 46.5 Å². The molecular weight excluding hydrogens is 381 g/mol. The molecule has 5 heteroatoms. The molecule has 2 unspecified atom stereocenters. The van der Waals surface area contributed by atoms with E-state index in [4.69, 9.17) is 4.52 Å². The predicted molar refractivity (Wildman–Crippen MR) is 127 cm³/mol. The van der Waals surface area contributed by atoms with Crippen LogP contribution in [0.5, 0.6) is 0 Å². The molecule has 0 heterocycles. The Morgan fingerprint density at radius 2 is 1.28 bits per heavy atom. The van der Waals surface area contributed by atoms with Crippen LogP contribution in [0.3, 0.4) is 0 Å². The van der Waals surface area contributed by atoms with Crippen LogP contribution in [0.4, 0.5) is 0 Å². The average molecular weight is 433 g/mol. The third kappa shape index (κ3) is 16.2. The second-order valence-corrected chi connectivity index (χ2v) is 11.3. The van der Waals surface area contributed by atoms with Crippen molar-refractivity contribution in [1.82, 2.24) is 0 Å². The Hall–Kier alpha value is -0.150. The van der Waals surface area contributed by atoms with Crippen molar-refractivity contribution in [3.63, 3.8) is 0 Å². The molecule has 29 heavy (non-hydrogen) atoms. The summed E-state index contributed by atoms with van der Waals surface area (Å²) in [6.07, 6.45) is 22.5. The van der Waals surface area contributed by atoms with Gasteiger partial charge >= 0.3 is 7.60 Å². The molecule has 0 amide bonds. The molecule has 0 aliphatic carbocycles. The number of allylic oxidation sites excluding steroid dienone is 2. The predicted octanol–water partition coefficient (Wildman–Crippen LogP) is 7.67. The molecule has 0 radical (unpaired) electrons. The molecule has 174 valence electrons. The van der Waals surface area contributed by atoms with Crippen molar-refractivity contribution in [2.24, 2.45) is 0 Å². The van der Waals surface area contributed by atoms with E-state index in [2.05, 4.69) is 19.1 Å². The molecule has 0 saturated heterocycles. The van der Waals surface area contributed by atoms with Crippen LogP contribution in [-0.4, -0.2) is 42.9 Å². The molecule has 0 saturated carbocycles. The van der Waals surface area contributed by atoms with E-state index in [1.807, 2.05) is 28.1 Å². The first-order valence-electron chi connectivity index (χ1n) is 12.2. The fourth-order valence-corrected chi connectivity index (χ4v) is 5.72. The summed E-state index contributed by atoms with van der Waals surface area (Å²) in [4.78, 5) is 10.4. The van der Waals surface area contributed by atoms with Crippen LogP contribution in [0, 0.1) is 0 Å². The smallest absolute Gasteiger partial charge is 0.320 e. The second-order valence-electron chi connectivity index (χ2n) is 9.37. The van der Waals surface area contributed by atoms with E-state index in [9.17, 15) is 9.46 Å². The van der Waals surface area contributed by atoms with Crippen LogP contribution in [0.25, 0.3) is 0 Å². The summed E-state index contributed by atoms with van der Waals surface area (Å²) in [6.45, 7) is 4.70. The van der Waals surface area contributed by atoms with Gasteiger partial charge < -0.3 is 13.9 Å². The van der Waals surface area contributed by atoms with Crippen molar-refractivity contribution in [1.29, 1.82) is 0 Å². The summed E-state index contributed by atoms with van der Waals surface area (Å²) in [5.41, 5.74) is 0. The Bertz CT molecular complexity index is 446. The summed E-state index contributed by atoms with van der Waals surface area (Å²) in [6, 6.07) is 0. The minimum Gasteiger partial charge on any atom is -0.320 e. The number of rotatable bonds is 20. The van der Waals surface area contributed by atoms with Gasteiger partial charge in [-0.2, -0.15) is 0 Å². The van der Waals surface area contributed by atoms with Gasteiger partial charge in [0.05, 0.1) is 27.7 Å². The first-order chi connectivity index (χ1) is 13.8. The Balaban J connectivity index is 3.62. The molecule has 1 N–H and O–H groups in total. The van der Waals surface area contributed by atoms with Crippen molar-refractivity contribution >= 4 is 7.60 Å². The van der Waals surface area contributed by atoms with Crippen LogP contribution in [0.2, 0.25) is 0 Å². The van der Waals surface area contributed by atoms with Crippen molar-refractivity contribution in [2.45, 2.75) is 116 Å². The number of hydrogen-bond acceptors (Lipinski definition) is 2. The standard InChI is InChI=1S/C24H50NO3P/c1-6-8-9-10-11-12-13-14-15-16-17-18-19-20-21-23-28-29(26,27)24(22-7-2)25(3,4)5/h11-12,24H,6-10,13-23H2,1-5H3/p+1/b12-11-. The van der Waals surface area contributed by atoms with E-state index < -0.39 is 7.60 Å². The van der Waals surface area contributed by atoms with Gasteiger partial charge in [-0.05, 0) is 38.5 Å². The maximum Gasteiger partial charge on any atom is 0.385 e. The van der Waals surface area contributed by atoms with Gasteiger partial charge in [0.2, 0.25) is 0 Å². The van der Waals surface area contributed by atoms with Crippen LogP contribution in [0.15, 0.2) is 12.2 Å². The van der Waals surface area contributed by atoms with E-state index in [0.29, 0.717) is 17.5 Å². The third-order valence-corrected chi connectivity index (χ3v) is 7.76. The van der Waals surface area contributed by atoms with Gasteiger partial charge in [-0.25, -0.2) is 0 Å². The maximum atomic E-state index is 12.6. The zero-order valence-corrected chi connectivity index (χ0v) is 21.1. The normalized spacial score (nSPS) is 15.7. The van der Waals surface area contributed by atoms with Gasteiger partial charge in [0.15, 0.2) is 5.78 Å². The molecule has 2 atom stereocenters. The summed E-state index contributed by atoms with van der Waals surface area (Å²) >= 11 is 0. The molecule has 0 aromatic heterocycles. The SMILES string of the molecule is CCCCC/C=C\CCCCCCCCCCOP(=O)(O)C(CCC)[N+](C)(C)C. The summed E-state index contributed by atoms with van der Waals surface area (Å²) in [5.74, 6) is -0.335. The largest absolute Gasteiger partial charge is 0.385 e. The molecule has 4 nitrogen and oxygen atoms in total. The van der Waals surface area contributed by atoms with Gasteiger partial charge in [0.25, 0.3) is 0 Å². The van der Waals surface area contributed by atoms with Crippen molar-refractivity contribution in [3.8, 4) is 0 Å². The fourth-order valence-electron chi connectivity index (χ4n) is 3.70. The van der Waals surface area contributed by atoms with Gasteiger partial charge in [0, 0.05) is 6.42 Å². The maximum absolute atomic E-state index is 12.6. The molecule has 0 aromatic carbocycles. The highest BCUT2D eigenvalue weighted by Gasteiger charge is 2.41. The Morgan fingerprint density at radius 1 is 0.793 bits per heavy atom. The Morgan fingerprint density at radius 3 is 1.76 bits per heavy atom. The fraction of sp³-hybridized carbons (Fsp3) is 0.917. The van der Waals surface area contributed by atoms with Crippen LogP contribution >= 0.6 is 7.60 Å². The quantitative estimate of drug-likeness (QED) is 0.0929. The van der Waals surface area contributed by atoms with E-state index in [1.165, 1.54) is 70.6 Å². The zero-order chi connectivity index (χ0) is 22.0. The molecule has 0 spiro atoms. The van der Waals surface area contributed by atoms with Crippen molar-refractivity contribution < 1.29 is 18.5 Å². The molecule has 0 rings (SSSR count). The van der Waals surface area contributed by atoms with Gasteiger partial charge in [-0.3, -0.25) is 4.57 Å². The summed E-state index contributed by atoms with van der Waals surface area (Å²) in [5, 5.41) is 0. The lowest BCUT2D eigenvalue weighted by atomic mass is 10.1. The average Bonchev–Trinajstić information content (AvgIpc) is 2.64. The molecular formula is C24H51NO3P+. The molecule has 0 aliphatic rings. The molecule has 0 fully saturated rings. The Kier molecular flexibility index (Phi) is 17.4. The number of unbranched alkanes of at least 4 members (excludes halogenated alkanes) is 11. The van der Waals surface area contributed by atoms with E-state index in [-0.39, 0.29) is 5.78 Å². The van der Waals surface area contributed by atoms with E-state index in [0.717, 1.165) is 19.3 Å². The van der Waals surface area contributed by atoms with Gasteiger partial charge in [0.1, 0.15) is 0 Å². The van der Waals surface area contributed by atoms with Crippen molar-refractivity contribution in [2.75, 3.05) is 27.7 Å². The van der Waals surface area contributed by atoms with Crippen LogP contribution < -0.4 is 0 Å². The highest BCUT2D eigenvalue weighted by Crippen LogP contribution is 2.51. The highest BCUT2D eigenvalue weighted by molar-refractivity contribution is 7.53. The van der Waals surface area contributed by atoms with Gasteiger partial charge in [-0.1, -0.05) is 77.4 Å². The van der Waals surface area contributed by atoms with E-state index in [1.54, 1.807) is 0 Å². The lowest BCUT2D eigenvalue weighted by molar-refractivity contribution is -0.883. The Labute approximate surface area is 182 Å². The lowest BCUT2D eigenvalue weighted by Crippen LogP contribution is -2.45.